The van der Waals surface area contributed by atoms with Crippen LogP contribution < -0.4 is 10.5 Å². The Labute approximate surface area is 123 Å². The van der Waals surface area contributed by atoms with Gasteiger partial charge >= 0.3 is 0 Å². The molecule has 0 bridgehead atoms. The Kier molecular flexibility index (Phi) is 3.16. The second kappa shape index (κ2) is 4.83. The lowest BCUT2D eigenvalue weighted by molar-refractivity contribution is 0.416. The van der Waals surface area contributed by atoms with Crippen molar-refractivity contribution in [1.29, 1.82) is 0 Å². The van der Waals surface area contributed by atoms with Gasteiger partial charge in [0.15, 0.2) is 0 Å². The van der Waals surface area contributed by atoms with Gasteiger partial charge in [-0.25, -0.2) is 4.98 Å². The van der Waals surface area contributed by atoms with E-state index in [9.17, 15) is 0 Å². The molecule has 3 rings (SSSR count). The first kappa shape index (κ1) is 12.4. The number of aromatic nitrogens is 1. The minimum Gasteiger partial charge on any atom is -0.496 e. The number of nitrogens with zero attached hydrogens (tertiary/aromatic N) is 1. The van der Waals surface area contributed by atoms with Crippen molar-refractivity contribution in [1.82, 2.24) is 4.98 Å². The average molecular weight is 335 g/mol. The second-order valence-electron chi connectivity index (χ2n) is 4.09. The van der Waals surface area contributed by atoms with E-state index in [1.165, 1.54) is 0 Å². The molecule has 0 aliphatic carbocycles. The number of nitrogens with two attached hydrogens (primary N) is 1. The highest BCUT2D eigenvalue weighted by Crippen LogP contribution is 2.37. The van der Waals surface area contributed by atoms with Gasteiger partial charge in [0.2, 0.25) is 0 Å². The molecular weight excluding hydrogens is 324 g/mol. The van der Waals surface area contributed by atoms with Crippen molar-refractivity contribution in [2.75, 3.05) is 12.8 Å². The third-order valence-corrected chi connectivity index (χ3v) is 4.35. The third kappa shape index (κ3) is 2.31. The zero-order valence-electron chi connectivity index (χ0n) is 10.2. The molecule has 0 aliphatic heterocycles. The number of methoxy groups -OCH3 is 1. The number of rotatable bonds is 2. The van der Waals surface area contributed by atoms with Gasteiger partial charge in [0.05, 0.1) is 22.9 Å². The molecule has 0 unspecified atom stereocenters. The number of halogens is 1. The van der Waals surface area contributed by atoms with Crippen LogP contribution in [0.5, 0.6) is 5.75 Å². The van der Waals surface area contributed by atoms with E-state index in [-0.39, 0.29) is 0 Å². The highest BCUT2D eigenvalue weighted by molar-refractivity contribution is 9.10. The van der Waals surface area contributed by atoms with Crippen LogP contribution in [0.1, 0.15) is 0 Å². The molecule has 0 aliphatic rings. The first-order valence-electron chi connectivity index (χ1n) is 5.67. The fourth-order valence-corrected chi connectivity index (χ4v) is 3.45. The van der Waals surface area contributed by atoms with Crippen molar-refractivity contribution < 1.29 is 4.74 Å². The van der Waals surface area contributed by atoms with Crippen molar-refractivity contribution >= 4 is 43.2 Å². The summed E-state index contributed by atoms with van der Waals surface area (Å²) >= 11 is 5.11. The number of fused-ring (bicyclic) bond motifs is 1. The van der Waals surface area contributed by atoms with Crippen LogP contribution in [-0.4, -0.2) is 12.1 Å². The minimum atomic E-state index is 0.685. The monoisotopic (exact) mass is 334 g/mol. The van der Waals surface area contributed by atoms with E-state index in [0.717, 1.165) is 31.0 Å². The SMILES string of the molecule is COc1cc(N)ccc1-c1nc2ccc(Br)cc2s1. The molecule has 0 saturated heterocycles. The summed E-state index contributed by atoms with van der Waals surface area (Å²) in [6, 6.07) is 11.7. The van der Waals surface area contributed by atoms with Gasteiger partial charge in [0, 0.05) is 16.2 Å². The van der Waals surface area contributed by atoms with Crippen LogP contribution >= 0.6 is 27.3 Å². The molecule has 0 spiro atoms. The molecule has 5 heteroatoms. The highest BCUT2D eigenvalue weighted by atomic mass is 79.9. The highest BCUT2D eigenvalue weighted by Gasteiger charge is 2.11. The molecule has 19 heavy (non-hydrogen) atoms. The lowest BCUT2D eigenvalue weighted by Crippen LogP contribution is -1.90. The van der Waals surface area contributed by atoms with Gasteiger partial charge in [0.25, 0.3) is 0 Å². The molecule has 0 fully saturated rings. The Balaban J connectivity index is 2.18. The predicted molar refractivity (Wildman–Crippen MR) is 83.7 cm³/mol. The first-order chi connectivity index (χ1) is 9.17. The van der Waals surface area contributed by atoms with Crippen LogP contribution in [0.4, 0.5) is 5.69 Å². The fourth-order valence-electron chi connectivity index (χ4n) is 1.90. The maximum absolute atomic E-state index is 5.77. The van der Waals surface area contributed by atoms with Gasteiger partial charge in [-0.05, 0) is 30.3 Å². The third-order valence-electron chi connectivity index (χ3n) is 2.81. The van der Waals surface area contributed by atoms with Crippen molar-refractivity contribution in [3.05, 3.63) is 40.9 Å². The zero-order valence-corrected chi connectivity index (χ0v) is 12.6. The molecule has 2 N–H and O–H groups in total. The van der Waals surface area contributed by atoms with Crippen LogP contribution in [0.3, 0.4) is 0 Å². The smallest absolute Gasteiger partial charge is 0.131 e. The summed E-state index contributed by atoms with van der Waals surface area (Å²) < 4.78 is 7.57. The number of nitrogen functional groups attached to an aromatic ring is 1. The molecule has 3 nitrogen and oxygen atoms in total. The molecular formula is C14H11BrN2OS. The lowest BCUT2D eigenvalue weighted by Gasteiger charge is -2.06. The Morgan fingerprint density at radius 3 is 2.84 bits per heavy atom. The number of hydrogen-bond donors (Lipinski definition) is 1. The van der Waals surface area contributed by atoms with Crippen LogP contribution in [0.15, 0.2) is 40.9 Å². The van der Waals surface area contributed by atoms with E-state index in [1.807, 2.05) is 30.3 Å². The summed E-state index contributed by atoms with van der Waals surface area (Å²) in [5.74, 6) is 0.748. The molecule has 3 aromatic rings. The summed E-state index contributed by atoms with van der Waals surface area (Å²) in [6.45, 7) is 0. The number of hydrogen-bond acceptors (Lipinski definition) is 4. The van der Waals surface area contributed by atoms with Crippen molar-refractivity contribution in [2.24, 2.45) is 0 Å². The normalized spacial score (nSPS) is 10.8. The van der Waals surface area contributed by atoms with E-state index in [2.05, 4.69) is 27.0 Å². The van der Waals surface area contributed by atoms with Crippen molar-refractivity contribution in [2.45, 2.75) is 0 Å². The first-order valence-corrected chi connectivity index (χ1v) is 7.28. The summed E-state index contributed by atoms with van der Waals surface area (Å²) in [5, 5.41) is 0.935. The van der Waals surface area contributed by atoms with Gasteiger partial charge < -0.3 is 10.5 Å². The summed E-state index contributed by atoms with van der Waals surface area (Å²) in [4.78, 5) is 4.64. The fraction of sp³-hybridized carbons (Fsp3) is 0.0714. The van der Waals surface area contributed by atoms with E-state index in [4.69, 9.17) is 10.5 Å². The number of thiazole rings is 1. The standard InChI is InChI=1S/C14H11BrN2OS/c1-18-12-7-9(16)3-4-10(12)14-17-11-5-2-8(15)6-13(11)19-14/h2-7H,16H2,1H3. The van der Waals surface area contributed by atoms with Gasteiger partial charge in [-0.1, -0.05) is 15.9 Å². The number of ether oxygens (including phenoxy) is 1. The molecule has 0 amide bonds. The maximum atomic E-state index is 5.77. The molecule has 0 radical (unpaired) electrons. The van der Waals surface area contributed by atoms with Crippen molar-refractivity contribution in [3.63, 3.8) is 0 Å². The van der Waals surface area contributed by atoms with Gasteiger partial charge in [-0.3, -0.25) is 0 Å². The van der Waals surface area contributed by atoms with Crippen LogP contribution in [0, 0.1) is 0 Å². The van der Waals surface area contributed by atoms with Crippen LogP contribution in [-0.2, 0) is 0 Å². The topological polar surface area (TPSA) is 48.1 Å². The van der Waals surface area contributed by atoms with E-state index in [1.54, 1.807) is 18.4 Å². The average Bonchev–Trinajstić information content (AvgIpc) is 2.81. The van der Waals surface area contributed by atoms with Crippen LogP contribution in [0.2, 0.25) is 0 Å². The Hall–Kier alpha value is -1.59. The number of anilines is 1. The van der Waals surface area contributed by atoms with Gasteiger partial charge in [0.1, 0.15) is 10.8 Å². The largest absolute Gasteiger partial charge is 0.496 e. The quantitative estimate of drug-likeness (QED) is 0.710. The van der Waals surface area contributed by atoms with E-state index in [0.29, 0.717) is 5.69 Å². The van der Waals surface area contributed by atoms with Gasteiger partial charge in [-0.2, -0.15) is 0 Å². The molecule has 1 aromatic heterocycles. The molecule has 96 valence electrons. The van der Waals surface area contributed by atoms with Crippen molar-refractivity contribution in [3.8, 4) is 16.3 Å². The predicted octanol–water partition coefficient (Wildman–Crippen LogP) is 4.32. The lowest BCUT2D eigenvalue weighted by atomic mass is 10.2. The summed E-state index contributed by atoms with van der Waals surface area (Å²) in [7, 11) is 1.64. The second-order valence-corrected chi connectivity index (χ2v) is 6.04. The Morgan fingerprint density at radius 2 is 2.05 bits per heavy atom. The summed E-state index contributed by atoms with van der Waals surface area (Å²) in [6.07, 6.45) is 0. The number of benzene rings is 2. The molecule has 0 atom stereocenters. The van der Waals surface area contributed by atoms with E-state index < -0.39 is 0 Å². The van der Waals surface area contributed by atoms with Crippen LogP contribution in [0.25, 0.3) is 20.8 Å². The molecule has 1 heterocycles. The minimum absolute atomic E-state index is 0.685. The van der Waals surface area contributed by atoms with E-state index >= 15 is 0 Å². The summed E-state index contributed by atoms with van der Waals surface area (Å²) in [5.41, 5.74) is 8.41. The molecule has 2 aromatic carbocycles. The molecule has 0 saturated carbocycles. The maximum Gasteiger partial charge on any atom is 0.131 e. The zero-order chi connectivity index (χ0) is 13.4. The van der Waals surface area contributed by atoms with Gasteiger partial charge in [-0.15, -0.1) is 11.3 Å². The Bertz CT molecular complexity index is 754. The Morgan fingerprint density at radius 1 is 1.21 bits per heavy atom.